The minimum absolute atomic E-state index is 1.16. The lowest BCUT2D eigenvalue weighted by Gasteiger charge is -2.02. The van der Waals surface area contributed by atoms with Crippen LogP contribution in [0.5, 0.6) is 0 Å². The van der Waals surface area contributed by atoms with Crippen molar-refractivity contribution in [3.8, 4) is 0 Å². The van der Waals surface area contributed by atoms with Crippen molar-refractivity contribution < 1.29 is 0 Å². The van der Waals surface area contributed by atoms with Crippen molar-refractivity contribution in [1.29, 1.82) is 0 Å². The van der Waals surface area contributed by atoms with Crippen LogP contribution in [0.15, 0.2) is 60.2 Å². The Morgan fingerprint density at radius 1 is 0.778 bits per heavy atom. The van der Waals surface area contributed by atoms with Gasteiger partial charge in [0.1, 0.15) is 0 Å². The molecule has 0 heteroatoms. The molecule has 1 aliphatic rings. The van der Waals surface area contributed by atoms with E-state index in [1.165, 1.54) is 36.0 Å². The summed E-state index contributed by atoms with van der Waals surface area (Å²) in [6.07, 6.45) is 7.20. The van der Waals surface area contributed by atoms with E-state index in [0.717, 1.165) is 6.42 Å². The van der Waals surface area contributed by atoms with Gasteiger partial charge in [0, 0.05) is 0 Å². The highest BCUT2D eigenvalue weighted by atomic mass is 14.2. The lowest BCUT2D eigenvalue weighted by molar-refractivity contribution is 0.802. The van der Waals surface area contributed by atoms with Crippen LogP contribution >= 0.6 is 0 Å². The largest absolute Gasteiger partial charge is 0.0652 e. The first kappa shape index (κ1) is 11.3. The van der Waals surface area contributed by atoms with Gasteiger partial charge < -0.3 is 0 Å². The van der Waals surface area contributed by atoms with Gasteiger partial charge in [0.15, 0.2) is 0 Å². The lowest BCUT2D eigenvalue weighted by atomic mass is 10.0. The van der Waals surface area contributed by atoms with Crippen LogP contribution in [0.4, 0.5) is 0 Å². The molecule has 2 aromatic carbocycles. The normalized spacial score (nSPS) is 13.2. The first-order valence-electron chi connectivity index (χ1n) is 6.73. The molecule has 0 heterocycles. The Balaban J connectivity index is 1.54. The molecule has 0 unspecified atom stereocenters. The number of allylic oxidation sites excluding steroid dienone is 1. The predicted molar refractivity (Wildman–Crippen MR) is 77.5 cm³/mol. The summed E-state index contributed by atoms with van der Waals surface area (Å²) in [7, 11) is 0. The van der Waals surface area contributed by atoms with Gasteiger partial charge in [0.05, 0.1) is 0 Å². The second kappa shape index (κ2) is 5.22. The SMILES string of the molecule is C1=C(CCCc2ccccc2)Cc2ccccc21. The van der Waals surface area contributed by atoms with E-state index in [4.69, 9.17) is 0 Å². The zero-order valence-electron chi connectivity index (χ0n) is 10.6. The van der Waals surface area contributed by atoms with Crippen LogP contribution in [0.3, 0.4) is 0 Å². The van der Waals surface area contributed by atoms with Crippen molar-refractivity contribution in [2.45, 2.75) is 25.7 Å². The number of aryl methyl sites for hydroxylation is 1. The van der Waals surface area contributed by atoms with E-state index in [0.29, 0.717) is 0 Å². The minimum atomic E-state index is 1.16. The van der Waals surface area contributed by atoms with Crippen molar-refractivity contribution in [2.75, 3.05) is 0 Å². The summed E-state index contributed by atoms with van der Waals surface area (Å²) in [5.41, 5.74) is 5.96. The second-order valence-corrected chi connectivity index (χ2v) is 5.02. The summed E-state index contributed by atoms with van der Waals surface area (Å²) in [5.74, 6) is 0. The first-order valence-corrected chi connectivity index (χ1v) is 6.73. The predicted octanol–water partition coefficient (Wildman–Crippen LogP) is 4.65. The topological polar surface area (TPSA) is 0 Å². The fraction of sp³-hybridized carbons (Fsp3) is 0.222. The quantitative estimate of drug-likeness (QED) is 0.722. The van der Waals surface area contributed by atoms with Crippen molar-refractivity contribution >= 4 is 6.08 Å². The molecule has 0 nitrogen and oxygen atoms in total. The molecule has 0 aromatic heterocycles. The number of benzene rings is 2. The zero-order chi connectivity index (χ0) is 12.2. The van der Waals surface area contributed by atoms with Gasteiger partial charge in [-0.1, -0.05) is 66.2 Å². The van der Waals surface area contributed by atoms with E-state index < -0.39 is 0 Å². The van der Waals surface area contributed by atoms with E-state index in [1.54, 1.807) is 5.57 Å². The molecule has 0 N–H and O–H groups in total. The fourth-order valence-corrected chi connectivity index (χ4v) is 2.68. The first-order chi connectivity index (χ1) is 8.92. The molecule has 0 radical (unpaired) electrons. The molecule has 0 atom stereocenters. The maximum absolute atomic E-state index is 2.38. The summed E-state index contributed by atoms with van der Waals surface area (Å²) in [6, 6.07) is 19.5. The molecule has 2 aromatic rings. The molecule has 0 bridgehead atoms. The Morgan fingerprint density at radius 3 is 2.39 bits per heavy atom. The van der Waals surface area contributed by atoms with Crippen LogP contribution in [0.25, 0.3) is 6.08 Å². The van der Waals surface area contributed by atoms with E-state index in [2.05, 4.69) is 60.7 Å². The highest BCUT2D eigenvalue weighted by Gasteiger charge is 2.10. The highest BCUT2D eigenvalue weighted by molar-refractivity contribution is 5.63. The van der Waals surface area contributed by atoms with E-state index in [1.807, 2.05) is 0 Å². The van der Waals surface area contributed by atoms with Crippen LogP contribution in [-0.4, -0.2) is 0 Å². The van der Waals surface area contributed by atoms with Crippen LogP contribution in [-0.2, 0) is 12.8 Å². The number of hydrogen-bond donors (Lipinski definition) is 0. The highest BCUT2D eigenvalue weighted by Crippen LogP contribution is 2.27. The van der Waals surface area contributed by atoms with Gasteiger partial charge in [-0.05, 0) is 42.4 Å². The maximum atomic E-state index is 2.38. The number of fused-ring (bicyclic) bond motifs is 1. The third kappa shape index (κ3) is 2.53. The molecule has 0 spiro atoms. The van der Waals surface area contributed by atoms with Gasteiger partial charge >= 0.3 is 0 Å². The molecule has 0 aliphatic heterocycles. The van der Waals surface area contributed by atoms with E-state index in [9.17, 15) is 0 Å². The molecular formula is C18H18. The van der Waals surface area contributed by atoms with Crippen molar-refractivity contribution in [3.05, 3.63) is 76.9 Å². The summed E-state index contributed by atoms with van der Waals surface area (Å²) >= 11 is 0. The Labute approximate surface area is 109 Å². The van der Waals surface area contributed by atoms with Gasteiger partial charge in [-0.25, -0.2) is 0 Å². The average Bonchev–Trinajstić information content (AvgIpc) is 2.82. The number of rotatable bonds is 4. The molecule has 0 saturated carbocycles. The minimum Gasteiger partial charge on any atom is -0.0652 e. The van der Waals surface area contributed by atoms with E-state index in [-0.39, 0.29) is 0 Å². The van der Waals surface area contributed by atoms with Gasteiger partial charge in [-0.3, -0.25) is 0 Å². The number of hydrogen-bond acceptors (Lipinski definition) is 0. The van der Waals surface area contributed by atoms with Gasteiger partial charge in [-0.2, -0.15) is 0 Å². The van der Waals surface area contributed by atoms with Crippen LogP contribution in [0.1, 0.15) is 29.5 Å². The fourth-order valence-electron chi connectivity index (χ4n) is 2.68. The molecule has 1 aliphatic carbocycles. The average molecular weight is 234 g/mol. The third-order valence-corrected chi connectivity index (χ3v) is 3.64. The molecule has 90 valence electrons. The van der Waals surface area contributed by atoms with Gasteiger partial charge in [0.25, 0.3) is 0 Å². The molecule has 0 saturated heterocycles. The van der Waals surface area contributed by atoms with Crippen molar-refractivity contribution in [3.63, 3.8) is 0 Å². The molecule has 3 rings (SSSR count). The Hall–Kier alpha value is -1.82. The smallest absolute Gasteiger partial charge is 0.00578 e. The zero-order valence-corrected chi connectivity index (χ0v) is 10.6. The monoisotopic (exact) mass is 234 g/mol. The summed E-state index contributed by atoms with van der Waals surface area (Å²) < 4.78 is 0. The Kier molecular flexibility index (Phi) is 3.27. The summed E-state index contributed by atoms with van der Waals surface area (Å²) in [5, 5.41) is 0. The van der Waals surface area contributed by atoms with Gasteiger partial charge in [0.2, 0.25) is 0 Å². The van der Waals surface area contributed by atoms with Crippen molar-refractivity contribution in [1.82, 2.24) is 0 Å². The van der Waals surface area contributed by atoms with Crippen molar-refractivity contribution in [2.24, 2.45) is 0 Å². The summed E-state index contributed by atoms with van der Waals surface area (Å²) in [4.78, 5) is 0. The van der Waals surface area contributed by atoms with Crippen LogP contribution in [0, 0.1) is 0 Å². The molecule has 0 fully saturated rings. The summed E-state index contributed by atoms with van der Waals surface area (Å²) in [6.45, 7) is 0. The van der Waals surface area contributed by atoms with Crippen LogP contribution in [0.2, 0.25) is 0 Å². The standard InChI is InChI=1S/C18H18/c1-2-7-15(8-3-1)9-6-10-16-13-17-11-4-5-12-18(17)14-16/h1-5,7-8,11-13H,6,9-10,14H2. The van der Waals surface area contributed by atoms with Gasteiger partial charge in [-0.15, -0.1) is 0 Å². The van der Waals surface area contributed by atoms with E-state index >= 15 is 0 Å². The maximum Gasteiger partial charge on any atom is -0.00578 e. The second-order valence-electron chi connectivity index (χ2n) is 5.02. The Morgan fingerprint density at radius 2 is 1.56 bits per heavy atom. The lowest BCUT2D eigenvalue weighted by Crippen LogP contribution is -1.88. The molecular weight excluding hydrogens is 216 g/mol. The molecule has 18 heavy (non-hydrogen) atoms. The Bertz CT molecular complexity index is 549. The third-order valence-electron chi connectivity index (χ3n) is 3.64. The van der Waals surface area contributed by atoms with Crippen LogP contribution < -0.4 is 0 Å². The molecule has 0 amide bonds.